The van der Waals surface area contributed by atoms with Gasteiger partial charge < -0.3 is 10.2 Å². The molecule has 2 aromatic carbocycles. The lowest BCUT2D eigenvalue weighted by Crippen LogP contribution is -2.48. The molecule has 0 aliphatic carbocycles. The number of amides is 1. The van der Waals surface area contributed by atoms with E-state index in [4.69, 9.17) is 0 Å². The summed E-state index contributed by atoms with van der Waals surface area (Å²) in [6, 6.07) is 11.2. The summed E-state index contributed by atoms with van der Waals surface area (Å²) in [4.78, 5) is 19.3. The van der Waals surface area contributed by atoms with Crippen LogP contribution in [0.5, 0.6) is 0 Å². The zero-order valence-electron chi connectivity index (χ0n) is 16.8. The number of carbonyl (C=O) groups excluding carboxylic acids is 1. The second-order valence-electron chi connectivity index (χ2n) is 6.98. The van der Waals surface area contributed by atoms with Crippen LogP contribution in [0.3, 0.4) is 0 Å². The second-order valence-corrected chi connectivity index (χ2v) is 6.98. The second kappa shape index (κ2) is 8.38. The quantitative estimate of drug-likeness (QED) is 0.614. The van der Waals surface area contributed by atoms with E-state index >= 15 is 0 Å². The molecule has 0 spiro atoms. The van der Waals surface area contributed by atoms with Gasteiger partial charge in [0.25, 0.3) is 5.91 Å². The first-order chi connectivity index (χ1) is 13.5. The largest absolute Gasteiger partial charge is 0.351 e. The number of halogens is 1. The van der Waals surface area contributed by atoms with Crippen molar-refractivity contribution < 1.29 is 9.18 Å². The highest BCUT2D eigenvalue weighted by atomic mass is 19.1. The lowest BCUT2D eigenvalue weighted by molar-refractivity contribution is 0.0936. The average Bonchev–Trinajstić information content (AvgIpc) is 2.70. The van der Waals surface area contributed by atoms with Crippen molar-refractivity contribution in [2.75, 3.05) is 11.4 Å². The van der Waals surface area contributed by atoms with E-state index in [1.54, 1.807) is 19.3 Å². The zero-order valence-corrected chi connectivity index (χ0v) is 16.8. The van der Waals surface area contributed by atoms with Gasteiger partial charge in [0.15, 0.2) is 0 Å². The third-order valence-corrected chi connectivity index (χ3v) is 5.08. The van der Waals surface area contributed by atoms with Gasteiger partial charge in [-0.1, -0.05) is 31.2 Å². The van der Waals surface area contributed by atoms with E-state index in [0.717, 1.165) is 22.0 Å². The van der Waals surface area contributed by atoms with Gasteiger partial charge in [0.2, 0.25) is 0 Å². The van der Waals surface area contributed by atoms with Crippen molar-refractivity contribution >= 4 is 22.4 Å². The fourth-order valence-corrected chi connectivity index (χ4v) is 3.58. The molecule has 0 saturated heterocycles. The molecule has 3 aromatic rings. The first-order valence-electron chi connectivity index (χ1n) is 9.63. The van der Waals surface area contributed by atoms with Gasteiger partial charge in [-0.25, -0.2) is 4.39 Å². The number of nitrogens with zero attached hydrogens (tertiary/aromatic N) is 2. The minimum Gasteiger partial charge on any atom is -0.351 e. The highest BCUT2D eigenvalue weighted by molar-refractivity contribution is 6.06. The number of aromatic nitrogens is 1. The molecule has 146 valence electrons. The number of benzene rings is 2. The maximum absolute atomic E-state index is 14.3. The van der Waals surface area contributed by atoms with Gasteiger partial charge in [0.1, 0.15) is 12.0 Å². The standard InChI is InChI=1S/C23H26FN3O/c1-5-22(27(6-2)21-12-15(3)11-20(24)16(21)4)26-23(28)19-14-25-13-17-9-7-8-10-18(17)19/h7-14,22H,5-6H2,1-4H3,(H,26,28). The maximum Gasteiger partial charge on any atom is 0.255 e. The van der Waals surface area contributed by atoms with Crippen molar-refractivity contribution in [3.05, 3.63) is 71.3 Å². The molecule has 5 heteroatoms. The SMILES string of the molecule is CCC(NC(=O)c1cncc2ccccc12)N(CC)c1cc(C)cc(F)c1C. The summed E-state index contributed by atoms with van der Waals surface area (Å²) in [6.45, 7) is 8.32. The molecule has 1 heterocycles. The predicted octanol–water partition coefficient (Wildman–Crippen LogP) is 4.98. The van der Waals surface area contributed by atoms with Gasteiger partial charge in [-0.3, -0.25) is 9.78 Å². The number of hydrogen-bond donors (Lipinski definition) is 1. The van der Waals surface area contributed by atoms with Gasteiger partial charge in [-0.05, 0) is 50.3 Å². The Hall–Kier alpha value is -2.95. The third-order valence-electron chi connectivity index (χ3n) is 5.08. The van der Waals surface area contributed by atoms with E-state index in [9.17, 15) is 9.18 Å². The number of nitrogens with one attached hydrogen (secondary N) is 1. The highest BCUT2D eigenvalue weighted by Gasteiger charge is 2.22. The molecule has 1 aromatic heterocycles. The molecule has 4 nitrogen and oxygen atoms in total. The van der Waals surface area contributed by atoms with Gasteiger partial charge >= 0.3 is 0 Å². The van der Waals surface area contributed by atoms with Crippen LogP contribution in [-0.4, -0.2) is 23.6 Å². The minimum atomic E-state index is -0.253. The fraction of sp³-hybridized carbons (Fsp3) is 0.304. The van der Waals surface area contributed by atoms with E-state index in [1.807, 2.05) is 56.0 Å². The van der Waals surface area contributed by atoms with E-state index in [1.165, 1.54) is 6.07 Å². The summed E-state index contributed by atoms with van der Waals surface area (Å²) in [6.07, 6.45) is 3.78. The molecule has 0 aliphatic rings. The molecule has 3 rings (SSSR count). The Morgan fingerprint density at radius 1 is 1.18 bits per heavy atom. The van der Waals surface area contributed by atoms with Gasteiger partial charge in [-0.2, -0.15) is 0 Å². The molecule has 0 fully saturated rings. The monoisotopic (exact) mass is 379 g/mol. The molecule has 28 heavy (non-hydrogen) atoms. The third kappa shape index (κ3) is 3.84. The van der Waals surface area contributed by atoms with Crippen molar-refractivity contribution in [1.82, 2.24) is 10.3 Å². The van der Waals surface area contributed by atoms with Gasteiger partial charge in [0, 0.05) is 35.6 Å². The normalized spacial score (nSPS) is 12.0. The summed E-state index contributed by atoms with van der Waals surface area (Å²) in [7, 11) is 0. The Kier molecular flexibility index (Phi) is 5.93. The van der Waals surface area contributed by atoms with E-state index in [2.05, 4.69) is 10.3 Å². The summed E-state index contributed by atoms with van der Waals surface area (Å²) >= 11 is 0. The van der Waals surface area contributed by atoms with Crippen LogP contribution < -0.4 is 10.2 Å². The zero-order chi connectivity index (χ0) is 20.3. The molecular formula is C23H26FN3O. The van der Waals surface area contributed by atoms with Crippen molar-refractivity contribution in [2.45, 2.75) is 40.3 Å². The van der Waals surface area contributed by atoms with E-state index in [0.29, 0.717) is 24.1 Å². The Morgan fingerprint density at radius 3 is 2.64 bits per heavy atom. The van der Waals surface area contributed by atoms with Crippen LogP contribution in [-0.2, 0) is 0 Å². The number of anilines is 1. The maximum atomic E-state index is 14.3. The fourth-order valence-electron chi connectivity index (χ4n) is 3.58. The molecule has 0 aliphatic heterocycles. The first kappa shape index (κ1) is 19.8. The highest BCUT2D eigenvalue weighted by Crippen LogP contribution is 2.27. The Labute approximate surface area is 165 Å². The molecule has 0 bridgehead atoms. The Balaban J connectivity index is 1.93. The van der Waals surface area contributed by atoms with Crippen molar-refractivity contribution in [1.29, 1.82) is 0 Å². The summed E-state index contributed by atoms with van der Waals surface area (Å²) in [5.41, 5.74) is 2.80. The number of pyridine rings is 1. The Morgan fingerprint density at radius 2 is 1.93 bits per heavy atom. The number of hydrogen-bond acceptors (Lipinski definition) is 3. The van der Waals surface area contributed by atoms with Crippen molar-refractivity contribution in [3.8, 4) is 0 Å². The lowest BCUT2D eigenvalue weighted by Gasteiger charge is -2.34. The molecule has 1 atom stereocenters. The number of fused-ring (bicyclic) bond motifs is 1. The van der Waals surface area contributed by atoms with Gasteiger partial charge in [0.05, 0.1) is 5.56 Å². The van der Waals surface area contributed by atoms with Crippen LogP contribution in [0, 0.1) is 19.7 Å². The summed E-state index contributed by atoms with van der Waals surface area (Å²) in [5.74, 6) is -0.409. The van der Waals surface area contributed by atoms with Crippen molar-refractivity contribution in [3.63, 3.8) is 0 Å². The van der Waals surface area contributed by atoms with Crippen molar-refractivity contribution in [2.24, 2.45) is 0 Å². The molecule has 1 amide bonds. The lowest BCUT2D eigenvalue weighted by atomic mass is 10.1. The van der Waals surface area contributed by atoms with Crippen LogP contribution >= 0.6 is 0 Å². The molecule has 0 saturated carbocycles. The first-order valence-corrected chi connectivity index (χ1v) is 9.63. The van der Waals surface area contributed by atoms with Crippen LogP contribution in [0.15, 0.2) is 48.8 Å². The molecule has 0 radical (unpaired) electrons. The van der Waals surface area contributed by atoms with Crippen LogP contribution in [0.4, 0.5) is 10.1 Å². The smallest absolute Gasteiger partial charge is 0.255 e. The van der Waals surface area contributed by atoms with Crippen LogP contribution in [0.2, 0.25) is 0 Å². The van der Waals surface area contributed by atoms with Crippen LogP contribution in [0.1, 0.15) is 41.8 Å². The molecule has 1 N–H and O–H groups in total. The number of rotatable bonds is 6. The van der Waals surface area contributed by atoms with E-state index in [-0.39, 0.29) is 17.9 Å². The summed E-state index contributed by atoms with van der Waals surface area (Å²) < 4.78 is 14.3. The molecule has 1 unspecified atom stereocenters. The summed E-state index contributed by atoms with van der Waals surface area (Å²) in [5, 5.41) is 4.90. The minimum absolute atomic E-state index is 0.180. The number of carbonyl (C=O) groups is 1. The Bertz CT molecular complexity index is 997. The van der Waals surface area contributed by atoms with E-state index < -0.39 is 0 Å². The van der Waals surface area contributed by atoms with Crippen LogP contribution in [0.25, 0.3) is 10.8 Å². The number of aryl methyl sites for hydroxylation is 1. The average molecular weight is 379 g/mol. The molecular weight excluding hydrogens is 353 g/mol. The predicted molar refractivity (Wildman–Crippen MR) is 112 cm³/mol. The van der Waals surface area contributed by atoms with Gasteiger partial charge in [-0.15, -0.1) is 0 Å². The topological polar surface area (TPSA) is 45.2 Å².